The van der Waals surface area contributed by atoms with Crippen LogP contribution < -0.4 is 5.73 Å². The van der Waals surface area contributed by atoms with Gasteiger partial charge in [-0.25, -0.2) is 9.97 Å². The Morgan fingerprint density at radius 2 is 1.90 bits per heavy atom. The van der Waals surface area contributed by atoms with Crippen LogP contribution in [0.2, 0.25) is 5.02 Å². The van der Waals surface area contributed by atoms with Gasteiger partial charge in [0.05, 0.1) is 16.6 Å². The van der Waals surface area contributed by atoms with E-state index in [4.69, 9.17) is 17.3 Å². The van der Waals surface area contributed by atoms with Crippen molar-refractivity contribution in [3.05, 3.63) is 52.1 Å². The summed E-state index contributed by atoms with van der Waals surface area (Å²) in [5, 5.41) is 0.581. The number of aromatic nitrogens is 2. The number of para-hydroxylation sites is 1. The van der Waals surface area contributed by atoms with Crippen molar-refractivity contribution in [3.63, 3.8) is 0 Å². The zero-order valence-corrected chi connectivity index (χ0v) is 13.4. The lowest BCUT2D eigenvalue weighted by atomic mass is 9.98. The number of halogens is 1. The summed E-state index contributed by atoms with van der Waals surface area (Å²) in [7, 11) is 0. The SMILES string of the molecule is CSCC(c1nc(C)cc(C)n1)c1cccc(Cl)c1N. The van der Waals surface area contributed by atoms with Crippen LogP contribution in [-0.4, -0.2) is 22.0 Å². The Labute approximate surface area is 129 Å². The van der Waals surface area contributed by atoms with Crippen LogP contribution in [0.5, 0.6) is 0 Å². The number of benzene rings is 1. The molecule has 1 heterocycles. The molecule has 106 valence electrons. The molecule has 0 aliphatic heterocycles. The minimum Gasteiger partial charge on any atom is -0.397 e. The summed E-state index contributed by atoms with van der Waals surface area (Å²) in [6, 6.07) is 7.70. The van der Waals surface area contributed by atoms with Crippen LogP contribution >= 0.6 is 23.4 Å². The van der Waals surface area contributed by atoms with Crippen molar-refractivity contribution in [3.8, 4) is 0 Å². The predicted molar refractivity (Wildman–Crippen MR) is 87.6 cm³/mol. The van der Waals surface area contributed by atoms with E-state index < -0.39 is 0 Å². The predicted octanol–water partition coefficient (Wildman–Crippen LogP) is 3.82. The average Bonchev–Trinajstić information content (AvgIpc) is 2.38. The lowest BCUT2D eigenvalue weighted by Gasteiger charge is -2.18. The number of nitrogens with two attached hydrogens (primary N) is 1. The second-order valence-electron chi connectivity index (χ2n) is 4.76. The van der Waals surface area contributed by atoms with Crippen molar-refractivity contribution >= 4 is 29.1 Å². The molecule has 1 aromatic heterocycles. The third-order valence-corrected chi connectivity index (χ3v) is 4.10. The van der Waals surface area contributed by atoms with E-state index in [0.717, 1.165) is 28.5 Å². The van der Waals surface area contributed by atoms with Crippen LogP contribution in [0.25, 0.3) is 0 Å². The molecule has 0 radical (unpaired) electrons. The number of aryl methyl sites for hydroxylation is 2. The van der Waals surface area contributed by atoms with E-state index in [0.29, 0.717) is 10.7 Å². The normalized spacial score (nSPS) is 12.4. The first-order chi connectivity index (χ1) is 9.52. The highest BCUT2D eigenvalue weighted by molar-refractivity contribution is 7.98. The second-order valence-corrected chi connectivity index (χ2v) is 6.08. The number of thioether (sulfide) groups is 1. The number of rotatable bonds is 4. The molecule has 20 heavy (non-hydrogen) atoms. The van der Waals surface area contributed by atoms with E-state index in [1.54, 1.807) is 17.8 Å². The van der Waals surface area contributed by atoms with Crippen molar-refractivity contribution in [2.45, 2.75) is 19.8 Å². The van der Waals surface area contributed by atoms with Gasteiger partial charge in [0.25, 0.3) is 0 Å². The highest BCUT2D eigenvalue weighted by atomic mass is 35.5. The van der Waals surface area contributed by atoms with Crippen molar-refractivity contribution in [2.24, 2.45) is 0 Å². The first kappa shape index (κ1) is 15.1. The maximum atomic E-state index is 6.14. The lowest BCUT2D eigenvalue weighted by molar-refractivity contribution is 0.806. The highest BCUT2D eigenvalue weighted by Gasteiger charge is 2.20. The topological polar surface area (TPSA) is 51.8 Å². The fourth-order valence-corrected chi connectivity index (χ4v) is 3.08. The first-order valence-corrected chi connectivity index (χ1v) is 8.15. The molecule has 2 N–H and O–H groups in total. The van der Waals surface area contributed by atoms with Crippen LogP contribution in [0.15, 0.2) is 24.3 Å². The van der Waals surface area contributed by atoms with Crippen LogP contribution in [0.3, 0.4) is 0 Å². The summed E-state index contributed by atoms with van der Waals surface area (Å²) in [6.45, 7) is 3.96. The molecule has 0 aliphatic rings. The zero-order chi connectivity index (χ0) is 14.7. The van der Waals surface area contributed by atoms with Gasteiger partial charge in [-0.3, -0.25) is 0 Å². The van der Waals surface area contributed by atoms with Gasteiger partial charge in [0.1, 0.15) is 5.82 Å². The van der Waals surface area contributed by atoms with Crippen LogP contribution in [0.4, 0.5) is 5.69 Å². The Morgan fingerprint density at radius 3 is 2.50 bits per heavy atom. The molecule has 0 aliphatic carbocycles. The number of nitrogens with zero attached hydrogens (tertiary/aromatic N) is 2. The van der Waals surface area contributed by atoms with E-state index in [-0.39, 0.29) is 5.92 Å². The highest BCUT2D eigenvalue weighted by Crippen LogP contribution is 2.33. The molecule has 0 fully saturated rings. The number of hydrogen-bond acceptors (Lipinski definition) is 4. The Bertz CT molecular complexity index is 596. The minimum absolute atomic E-state index is 0.0577. The van der Waals surface area contributed by atoms with Crippen molar-refractivity contribution in [2.75, 3.05) is 17.7 Å². The van der Waals surface area contributed by atoms with Crippen LogP contribution in [-0.2, 0) is 0 Å². The fourth-order valence-electron chi connectivity index (χ4n) is 2.24. The molecule has 0 saturated heterocycles. The van der Waals surface area contributed by atoms with E-state index >= 15 is 0 Å². The number of anilines is 1. The standard InChI is InChI=1S/C15H18ClN3S/c1-9-7-10(2)19-15(18-9)12(8-20-3)11-5-4-6-13(16)14(11)17/h4-7,12H,8,17H2,1-3H3. The molecule has 0 saturated carbocycles. The van der Waals surface area contributed by atoms with Gasteiger partial charge in [0, 0.05) is 17.1 Å². The quantitative estimate of drug-likeness (QED) is 0.872. The van der Waals surface area contributed by atoms with Gasteiger partial charge in [-0.05, 0) is 37.8 Å². The molecule has 0 bridgehead atoms. The van der Waals surface area contributed by atoms with E-state index in [1.165, 1.54) is 0 Å². The minimum atomic E-state index is 0.0577. The molecule has 1 atom stereocenters. The Kier molecular flexibility index (Phi) is 4.89. The molecule has 3 nitrogen and oxygen atoms in total. The van der Waals surface area contributed by atoms with Gasteiger partial charge < -0.3 is 5.73 Å². The van der Waals surface area contributed by atoms with Gasteiger partial charge in [0.2, 0.25) is 0 Å². The largest absolute Gasteiger partial charge is 0.397 e. The first-order valence-electron chi connectivity index (χ1n) is 6.38. The summed E-state index contributed by atoms with van der Waals surface area (Å²) >= 11 is 7.88. The second kappa shape index (κ2) is 6.46. The molecule has 0 amide bonds. The Hall–Kier alpha value is -1.26. The van der Waals surface area contributed by atoms with E-state index in [2.05, 4.69) is 16.2 Å². The van der Waals surface area contributed by atoms with Crippen LogP contribution in [0.1, 0.15) is 28.7 Å². The Morgan fingerprint density at radius 1 is 1.25 bits per heavy atom. The molecule has 1 unspecified atom stereocenters. The van der Waals surface area contributed by atoms with Gasteiger partial charge in [-0.15, -0.1) is 0 Å². The van der Waals surface area contributed by atoms with Gasteiger partial charge in [-0.2, -0.15) is 11.8 Å². The van der Waals surface area contributed by atoms with Gasteiger partial charge in [0.15, 0.2) is 0 Å². The van der Waals surface area contributed by atoms with Crippen molar-refractivity contribution in [1.29, 1.82) is 0 Å². The van der Waals surface area contributed by atoms with E-state index in [9.17, 15) is 0 Å². The zero-order valence-electron chi connectivity index (χ0n) is 11.9. The molecule has 5 heteroatoms. The molecule has 2 rings (SSSR count). The summed E-state index contributed by atoms with van der Waals surface area (Å²) in [4.78, 5) is 9.15. The van der Waals surface area contributed by atoms with Crippen molar-refractivity contribution < 1.29 is 0 Å². The third kappa shape index (κ3) is 3.25. The Balaban J connectivity index is 2.53. The third-order valence-electron chi connectivity index (χ3n) is 3.11. The van der Waals surface area contributed by atoms with Gasteiger partial charge in [-0.1, -0.05) is 23.7 Å². The fraction of sp³-hybridized carbons (Fsp3) is 0.333. The molecule has 0 spiro atoms. The van der Waals surface area contributed by atoms with Crippen molar-refractivity contribution in [1.82, 2.24) is 9.97 Å². The average molecular weight is 308 g/mol. The molecule has 1 aromatic carbocycles. The number of nitrogen functional groups attached to an aromatic ring is 1. The molecule has 2 aromatic rings. The number of hydrogen-bond donors (Lipinski definition) is 1. The molecular formula is C15H18ClN3S. The van der Waals surface area contributed by atoms with Gasteiger partial charge >= 0.3 is 0 Å². The summed E-state index contributed by atoms with van der Waals surface area (Å²) in [5.41, 5.74) is 9.69. The summed E-state index contributed by atoms with van der Waals surface area (Å²) in [5.74, 6) is 1.74. The monoisotopic (exact) mass is 307 g/mol. The lowest BCUT2D eigenvalue weighted by Crippen LogP contribution is -2.12. The maximum Gasteiger partial charge on any atom is 0.137 e. The summed E-state index contributed by atoms with van der Waals surface area (Å²) < 4.78 is 0. The van der Waals surface area contributed by atoms with E-state index in [1.807, 2.05) is 32.0 Å². The summed E-state index contributed by atoms with van der Waals surface area (Å²) in [6.07, 6.45) is 2.07. The molecular weight excluding hydrogens is 290 g/mol. The van der Waals surface area contributed by atoms with Crippen LogP contribution in [0, 0.1) is 13.8 Å². The smallest absolute Gasteiger partial charge is 0.137 e. The maximum absolute atomic E-state index is 6.14.